The molecule has 2 aliphatic rings. The molecule has 1 fully saturated rings. The molecule has 3 rings (SSSR count). The molecule has 21 heavy (non-hydrogen) atoms. The predicted molar refractivity (Wildman–Crippen MR) is 85.1 cm³/mol. The Bertz CT molecular complexity index is 619. The average Bonchev–Trinajstić information content (AvgIpc) is 2.98. The van der Waals surface area contributed by atoms with Crippen LogP contribution in [0.1, 0.15) is 23.2 Å². The standard InChI is InChI=1S/C14H15IN2O4/c1-16-10-7-12(21-15)11(20-2)6-8(10)13(18)17-5-3-4-9(17)14(16)19/h6-7,9H,3-5H2,1-2H3. The van der Waals surface area contributed by atoms with Crippen LogP contribution in [-0.4, -0.2) is 43.5 Å². The number of amides is 2. The fourth-order valence-corrected chi connectivity index (χ4v) is 3.33. The lowest BCUT2D eigenvalue weighted by Crippen LogP contribution is -2.43. The Morgan fingerprint density at radius 1 is 1.29 bits per heavy atom. The number of carbonyl (C=O) groups is 2. The minimum absolute atomic E-state index is 0.0517. The van der Waals surface area contributed by atoms with Gasteiger partial charge in [0.2, 0.25) is 5.91 Å². The second-order valence-electron chi connectivity index (χ2n) is 5.15. The topological polar surface area (TPSA) is 59.1 Å². The van der Waals surface area contributed by atoms with E-state index in [2.05, 4.69) is 0 Å². The SMILES string of the molecule is COc1cc2c(cc1OI)N(C)C(=O)C1CCCN1C2=O. The maximum absolute atomic E-state index is 12.7. The highest BCUT2D eigenvalue weighted by molar-refractivity contribution is 14.1. The zero-order valence-corrected chi connectivity index (χ0v) is 13.9. The number of ether oxygens (including phenoxy) is 1. The zero-order valence-electron chi connectivity index (χ0n) is 11.8. The Hall–Kier alpha value is -1.51. The molecular weight excluding hydrogens is 387 g/mol. The van der Waals surface area contributed by atoms with E-state index in [1.165, 1.54) is 7.11 Å². The number of benzene rings is 1. The first kappa shape index (κ1) is 14.4. The first-order valence-corrected chi connectivity index (χ1v) is 7.55. The maximum atomic E-state index is 12.7. The van der Waals surface area contributed by atoms with Gasteiger partial charge in [0, 0.05) is 19.7 Å². The van der Waals surface area contributed by atoms with Gasteiger partial charge in [-0.1, -0.05) is 0 Å². The largest absolute Gasteiger partial charge is 0.493 e. The number of fused-ring (bicyclic) bond motifs is 2. The van der Waals surface area contributed by atoms with Crippen LogP contribution < -0.4 is 12.7 Å². The quantitative estimate of drug-likeness (QED) is 0.711. The van der Waals surface area contributed by atoms with Crippen LogP contribution in [0.15, 0.2) is 12.1 Å². The number of hydrogen-bond acceptors (Lipinski definition) is 4. The van der Waals surface area contributed by atoms with Gasteiger partial charge in [-0.05, 0) is 18.9 Å². The van der Waals surface area contributed by atoms with E-state index in [0.717, 1.165) is 12.8 Å². The highest BCUT2D eigenvalue weighted by Gasteiger charge is 2.41. The molecule has 112 valence electrons. The normalized spacial score (nSPS) is 21.0. The second-order valence-corrected chi connectivity index (χ2v) is 5.59. The molecule has 7 heteroatoms. The minimum Gasteiger partial charge on any atom is -0.493 e. The number of methoxy groups -OCH3 is 1. The maximum Gasteiger partial charge on any atom is 0.256 e. The molecule has 2 heterocycles. The molecule has 0 aromatic heterocycles. The number of nitrogens with zero attached hydrogens (tertiary/aromatic N) is 2. The van der Waals surface area contributed by atoms with Gasteiger partial charge in [0.15, 0.2) is 34.5 Å². The summed E-state index contributed by atoms with van der Waals surface area (Å²) in [5.74, 6) is 0.800. The Morgan fingerprint density at radius 3 is 2.71 bits per heavy atom. The number of anilines is 1. The smallest absolute Gasteiger partial charge is 0.256 e. The number of halogens is 1. The zero-order chi connectivity index (χ0) is 15.1. The van der Waals surface area contributed by atoms with Gasteiger partial charge >= 0.3 is 0 Å². The van der Waals surface area contributed by atoms with E-state index >= 15 is 0 Å². The second kappa shape index (κ2) is 5.36. The third-order valence-electron chi connectivity index (χ3n) is 4.09. The Morgan fingerprint density at radius 2 is 2.05 bits per heavy atom. The third-order valence-corrected chi connectivity index (χ3v) is 4.56. The summed E-state index contributed by atoms with van der Waals surface area (Å²) in [5, 5.41) is 0. The fraction of sp³-hybridized carbons (Fsp3) is 0.429. The summed E-state index contributed by atoms with van der Waals surface area (Å²) in [6, 6.07) is 2.97. The van der Waals surface area contributed by atoms with E-state index in [0.29, 0.717) is 29.3 Å². The summed E-state index contributed by atoms with van der Waals surface area (Å²) < 4.78 is 10.5. The van der Waals surface area contributed by atoms with Crippen LogP contribution in [0.2, 0.25) is 0 Å². The molecule has 0 spiro atoms. The predicted octanol–water partition coefficient (Wildman–Crippen LogP) is 2.00. The third kappa shape index (κ3) is 2.14. The summed E-state index contributed by atoms with van der Waals surface area (Å²) in [7, 11) is 3.22. The van der Waals surface area contributed by atoms with Crippen LogP contribution in [0.4, 0.5) is 5.69 Å². The van der Waals surface area contributed by atoms with Gasteiger partial charge in [0.1, 0.15) is 6.04 Å². The molecule has 1 atom stereocenters. The lowest BCUT2D eigenvalue weighted by Gasteiger charge is -2.22. The highest BCUT2D eigenvalue weighted by Crippen LogP contribution is 2.39. The van der Waals surface area contributed by atoms with Crippen molar-refractivity contribution in [1.82, 2.24) is 4.90 Å². The van der Waals surface area contributed by atoms with Crippen molar-refractivity contribution in [2.45, 2.75) is 18.9 Å². The van der Waals surface area contributed by atoms with Crippen molar-refractivity contribution in [2.75, 3.05) is 25.6 Å². The molecule has 1 aromatic rings. The van der Waals surface area contributed by atoms with Crippen molar-refractivity contribution >= 4 is 40.5 Å². The summed E-state index contributed by atoms with van der Waals surface area (Å²) in [6.07, 6.45) is 1.58. The summed E-state index contributed by atoms with van der Waals surface area (Å²) >= 11 is 1.75. The molecule has 0 bridgehead atoms. The van der Waals surface area contributed by atoms with E-state index in [-0.39, 0.29) is 17.9 Å². The fourth-order valence-electron chi connectivity index (χ4n) is 2.98. The molecule has 0 radical (unpaired) electrons. The molecule has 2 aliphatic heterocycles. The van der Waals surface area contributed by atoms with Gasteiger partial charge < -0.3 is 17.6 Å². The van der Waals surface area contributed by atoms with E-state index in [9.17, 15) is 9.59 Å². The molecule has 1 aromatic carbocycles. The van der Waals surface area contributed by atoms with Crippen molar-refractivity contribution in [2.24, 2.45) is 0 Å². The Labute approximate surface area is 136 Å². The summed E-state index contributed by atoms with van der Waals surface area (Å²) in [4.78, 5) is 28.5. The first-order valence-electron chi connectivity index (χ1n) is 6.67. The van der Waals surface area contributed by atoms with Crippen LogP contribution in [0.5, 0.6) is 11.5 Å². The van der Waals surface area contributed by atoms with Crippen molar-refractivity contribution in [3.05, 3.63) is 17.7 Å². The minimum atomic E-state index is -0.357. The Balaban J connectivity index is 2.19. The lowest BCUT2D eigenvalue weighted by molar-refractivity contribution is -0.121. The molecule has 0 aliphatic carbocycles. The van der Waals surface area contributed by atoms with Gasteiger partial charge in [-0.25, -0.2) is 0 Å². The van der Waals surface area contributed by atoms with Gasteiger partial charge in [-0.3, -0.25) is 9.59 Å². The number of rotatable bonds is 2. The van der Waals surface area contributed by atoms with E-state index in [1.807, 2.05) is 0 Å². The van der Waals surface area contributed by atoms with Gasteiger partial charge in [0.05, 0.1) is 18.4 Å². The first-order chi connectivity index (χ1) is 10.1. The van der Waals surface area contributed by atoms with Gasteiger partial charge in [-0.2, -0.15) is 0 Å². The van der Waals surface area contributed by atoms with Crippen LogP contribution in [0.25, 0.3) is 0 Å². The summed E-state index contributed by atoms with van der Waals surface area (Å²) in [5.41, 5.74) is 1.04. The van der Waals surface area contributed by atoms with Crippen LogP contribution in [-0.2, 0) is 4.79 Å². The molecule has 0 N–H and O–H groups in total. The number of hydrogen-bond donors (Lipinski definition) is 0. The van der Waals surface area contributed by atoms with Crippen molar-refractivity contribution in [1.29, 1.82) is 0 Å². The highest BCUT2D eigenvalue weighted by atomic mass is 127. The molecular formula is C14H15IN2O4. The van der Waals surface area contributed by atoms with Crippen molar-refractivity contribution in [3.63, 3.8) is 0 Å². The number of likely N-dealkylation sites (N-methyl/N-ethyl adjacent to an activating group) is 1. The van der Waals surface area contributed by atoms with Crippen molar-refractivity contribution in [3.8, 4) is 11.5 Å². The van der Waals surface area contributed by atoms with E-state index in [4.69, 9.17) is 7.80 Å². The monoisotopic (exact) mass is 402 g/mol. The van der Waals surface area contributed by atoms with Crippen LogP contribution >= 0.6 is 23.0 Å². The molecule has 6 nitrogen and oxygen atoms in total. The van der Waals surface area contributed by atoms with Gasteiger partial charge in [-0.15, -0.1) is 0 Å². The number of carbonyl (C=O) groups excluding carboxylic acids is 2. The molecule has 1 saturated heterocycles. The molecule has 0 saturated carbocycles. The lowest BCUT2D eigenvalue weighted by atomic mass is 10.1. The van der Waals surface area contributed by atoms with E-state index < -0.39 is 0 Å². The molecule has 2 amide bonds. The Kier molecular flexibility index (Phi) is 3.68. The average molecular weight is 402 g/mol. The summed E-state index contributed by atoms with van der Waals surface area (Å²) in [6.45, 7) is 0.620. The molecule has 1 unspecified atom stereocenters. The van der Waals surface area contributed by atoms with Crippen LogP contribution in [0.3, 0.4) is 0 Å². The van der Waals surface area contributed by atoms with Crippen molar-refractivity contribution < 1.29 is 17.4 Å². The van der Waals surface area contributed by atoms with Crippen LogP contribution in [0, 0.1) is 0 Å². The van der Waals surface area contributed by atoms with E-state index in [1.54, 1.807) is 52.0 Å². The van der Waals surface area contributed by atoms with Gasteiger partial charge in [0.25, 0.3) is 5.91 Å².